The molecule has 0 saturated heterocycles. The van der Waals surface area contributed by atoms with Crippen LogP contribution in [0, 0.1) is 13.8 Å². The number of nitrogens with one attached hydrogen (secondary N) is 1. The molecule has 7 nitrogen and oxygen atoms in total. The summed E-state index contributed by atoms with van der Waals surface area (Å²) in [6.07, 6.45) is 1.71. The Morgan fingerprint density at radius 3 is 2.75 bits per heavy atom. The summed E-state index contributed by atoms with van der Waals surface area (Å²) in [4.78, 5) is 27.4. The second-order valence-corrected chi connectivity index (χ2v) is 4.61. The van der Waals surface area contributed by atoms with Gasteiger partial charge in [-0.3, -0.25) is 4.79 Å². The van der Waals surface area contributed by atoms with Crippen molar-refractivity contribution in [1.82, 2.24) is 19.9 Å². The van der Waals surface area contributed by atoms with Crippen molar-refractivity contribution in [2.45, 2.75) is 33.2 Å². The lowest BCUT2D eigenvalue weighted by molar-refractivity contribution is -0.139. The topological polar surface area (TPSA) is 96.6 Å². The SMILES string of the molecule is CC[C@@H](NC(=O)c1cnn2c(C)cc(C)nc12)C(=O)O. The molecule has 0 aliphatic heterocycles. The molecule has 2 rings (SSSR count). The average molecular weight is 276 g/mol. The predicted molar refractivity (Wildman–Crippen MR) is 71.6 cm³/mol. The maximum atomic E-state index is 12.1. The maximum absolute atomic E-state index is 12.1. The van der Waals surface area contributed by atoms with Gasteiger partial charge in [0, 0.05) is 11.4 Å². The summed E-state index contributed by atoms with van der Waals surface area (Å²) in [5, 5.41) is 15.5. The summed E-state index contributed by atoms with van der Waals surface area (Å²) in [6, 6.07) is 0.941. The Morgan fingerprint density at radius 1 is 1.45 bits per heavy atom. The van der Waals surface area contributed by atoms with Crippen molar-refractivity contribution in [3.63, 3.8) is 0 Å². The lowest BCUT2D eigenvalue weighted by Gasteiger charge is -2.11. The highest BCUT2D eigenvalue weighted by Crippen LogP contribution is 2.12. The van der Waals surface area contributed by atoms with E-state index in [1.165, 1.54) is 6.20 Å². The molecule has 0 fully saturated rings. The number of aryl methyl sites for hydroxylation is 2. The Hall–Kier alpha value is -2.44. The van der Waals surface area contributed by atoms with Gasteiger partial charge in [0.25, 0.3) is 5.91 Å². The summed E-state index contributed by atoms with van der Waals surface area (Å²) in [5.74, 6) is -1.54. The van der Waals surface area contributed by atoms with Crippen LogP contribution in [-0.4, -0.2) is 37.6 Å². The van der Waals surface area contributed by atoms with Gasteiger partial charge in [-0.1, -0.05) is 6.92 Å². The number of amides is 1. The monoisotopic (exact) mass is 276 g/mol. The fraction of sp³-hybridized carbons (Fsp3) is 0.385. The fourth-order valence-corrected chi connectivity index (χ4v) is 2.01. The van der Waals surface area contributed by atoms with Crippen LogP contribution in [0.15, 0.2) is 12.3 Å². The highest BCUT2D eigenvalue weighted by molar-refractivity contribution is 6.01. The molecule has 106 valence electrons. The van der Waals surface area contributed by atoms with Crippen molar-refractivity contribution in [3.05, 3.63) is 29.2 Å². The van der Waals surface area contributed by atoms with E-state index >= 15 is 0 Å². The van der Waals surface area contributed by atoms with Crippen LogP contribution in [-0.2, 0) is 4.79 Å². The number of hydrogen-bond acceptors (Lipinski definition) is 4. The smallest absolute Gasteiger partial charge is 0.326 e. The molecule has 0 saturated carbocycles. The molecule has 2 heterocycles. The number of aliphatic carboxylic acids is 1. The molecule has 20 heavy (non-hydrogen) atoms. The Morgan fingerprint density at radius 2 is 2.15 bits per heavy atom. The molecule has 0 aliphatic rings. The summed E-state index contributed by atoms with van der Waals surface area (Å²) < 4.78 is 1.56. The van der Waals surface area contributed by atoms with E-state index in [0.717, 1.165) is 11.4 Å². The van der Waals surface area contributed by atoms with Crippen molar-refractivity contribution in [2.24, 2.45) is 0 Å². The van der Waals surface area contributed by atoms with E-state index < -0.39 is 17.9 Å². The van der Waals surface area contributed by atoms with Crippen LogP contribution < -0.4 is 5.32 Å². The summed E-state index contributed by atoms with van der Waals surface area (Å²) in [5.41, 5.74) is 2.34. The minimum absolute atomic E-state index is 0.275. The quantitative estimate of drug-likeness (QED) is 0.866. The van der Waals surface area contributed by atoms with Crippen LogP contribution in [0.2, 0.25) is 0 Å². The Balaban J connectivity index is 2.38. The first-order chi connectivity index (χ1) is 9.43. The number of fused-ring (bicyclic) bond motifs is 1. The molecule has 7 heteroatoms. The van der Waals surface area contributed by atoms with Gasteiger partial charge >= 0.3 is 5.97 Å². The first-order valence-electron chi connectivity index (χ1n) is 6.29. The first kappa shape index (κ1) is 14.0. The largest absolute Gasteiger partial charge is 0.480 e. The summed E-state index contributed by atoms with van der Waals surface area (Å²) >= 11 is 0. The van der Waals surface area contributed by atoms with E-state index in [0.29, 0.717) is 12.1 Å². The number of hydrogen-bond donors (Lipinski definition) is 2. The third-order valence-corrected chi connectivity index (χ3v) is 3.03. The van der Waals surface area contributed by atoms with Crippen molar-refractivity contribution >= 4 is 17.5 Å². The van der Waals surface area contributed by atoms with Crippen LogP contribution >= 0.6 is 0 Å². The normalized spacial score (nSPS) is 12.3. The summed E-state index contributed by atoms with van der Waals surface area (Å²) in [6.45, 7) is 5.39. The molecule has 0 bridgehead atoms. The number of carbonyl (C=O) groups excluding carboxylic acids is 1. The van der Waals surface area contributed by atoms with Gasteiger partial charge in [0.15, 0.2) is 5.65 Å². The number of carbonyl (C=O) groups is 2. The molecule has 1 amide bonds. The van der Waals surface area contributed by atoms with E-state index in [1.807, 2.05) is 19.9 Å². The van der Waals surface area contributed by atoms with Gasteiger partial charge < -0.3 is 10.4 Å². The Kier molecular flexibility index (Phi) is 3.69. The third-order valence-electron chi connectivity index (χ3n) is 3.03. The van der Waals surface area contributed by atoms with Crippen LogP contribution in [0.4, 0.5) is 0 Å². The zero-order chi connectivity index (χ0) is 14.9. The van der Waals surface area contributed by atoms with Crippen LogP contribution in [0.1, 0.15) is 35.1 Å². The van der Waals surface area contributed by atoms with E-state index in [1.54, 1.807) is 11.4 Å². The average Bonchev–Trinajstić information content (AvgIpc) is 2.79. The molecular weight excluding hydrogens is 260 g/mol. The van der Waals surface area contributed by atoms with Gasteiger partial charge in [0.05, 0.1) is 6.20 Å². The predicted octanol–water partition coefficient (Wildman–Crippen LogP) is 0.939. The number of aromatic nitrogens is 3. The molecule has 0 radical (unpaired) electrons. The fourth-order valence-electron chi connectivity index (χ4n) is 2.01. The van der Waals surface area contributed by atoms with Crippen LogP contribution in [0.25, 0.3) is 5.65 Å². The van der Waals surface area contributed by atoms with Gasteiger partial charge in [0.2, 0.25) is 0 Å². The van der Waals surface area contributed by atoms with E-state index in [4.69, 9.17) is 5.11 Å². The molecule has 0 aliphatic carbocycles. The minimum Gasteiger partial charge on any atom is -0.480 e. The number of rotatable bonds is 4. The van der Waals surface area contributed by atoms with E-state index in [2.05, 4.69) is 15.4 Å². The summed E-state index contributed by atoms with van der Waals surface area (Å²) in [7, 11) is 0. The van der Waals surface area contributed by atoms with E-state index in [9.17, 15) is 9.59 Å². The lowest BCUT2D eigenvalue weighted by Crippen LogP contribution is -2.40. The van der Waals surface area contributed by atoms with Gasteiger partial charge in [0.1, 0.15) is 11.6 Å². The minimum atomic E-state index is -1.06. The zero-order valence-electron chi connectivity index (χ0n) is 11.5. The maximum Gasteiger partial charge on any atom is 0.326 e. The second-order valence-electron chi connectivity index (χ2n) is 4.61. The highest BCUT2D eigenvalue weighted by atomic mass is 16.4. The van der Waals surface area contributed by atoms with Crippen molar-refractivity contribution in [2.75, 3.05) is 0 Å². The van der Waals surface area contributed by atoms with Crippen molar-refractivity contribution in [1.29, 1.82) is 0 Å². The van der Waals surface area contributed by atoms with Crippen molar-refractivity contribution in [3.8, 4) is 0 Å². The molecule has 2 aromatic heterocycles. The lowest BCUT2D eigenvalue weighted by atomic mass is 10.2. The number of nitrogens with zero attached hydrogens (tertiary/aromatic N) is 3. The van der Waals surface area contributed by atoms with Crippen LogP contribution in [0.5, 0.6) is 0 Å². The molecule has 0 aromatic carbocycles. The third kappa shape index (κ3) is 2.47. The van der Waals surface area contributed by atoms with Crippen LogP contribution in [0.3, 0.4) is 0 Å². The van der Waals surface area contributed by atoms with E-state index in [-0.39, 0.29) is 5.56 Å². The standard InChI is InChI=1S/C13H16N4O3/c1-4-10(13(19)20)16-12(18)9-6-14-17-8(3)5-7(2)15-11(9)17/h5-6,10H,4H2,1-3H3,(H,16,18)(H,19,20)/t10-/m1/s1. The molecule has 1 atom stereocenters. The number of carboxylic acid groups (broad SMARTS) is 1. The highest BCUT2D eigenvalue weighted by Gasteiger charge is 2.21. The second kappa shape index (κ2) is 5.28. The van der Waals surface area contributed by atoms with Crippen molar-refractivity contribution < 1.29 is 14.7 Å². The van der Waals surface area contributed by atoms with Gasteiger partial charge in [-0.25, -0.2) is 14.3 Å². The molecule has 2 aromatic rings. The van der Waals surface area contributed by atoms with Gasteiger partial charge in [-0.05, 0) is 26.3 Å². The van der Waals surface area contributed by atoms with Gasteiger partial charge in [-0.15, -0.1) is 0 Å². The first-order valence-corrected chi connectivity index (χ1v) is 6.29. The zero-order valence-corrected chi connectivity index (χ0v) is 11.5. The van der Waals surface area contributed by atoms with Gasteiger partial charge in [-0.2, -0.15) is 5.10 Å². The molecular formula is C13H16N4O3. The Labute approximate surface area is 115 Å². The molecule has 0 spiro atoms. The number of carboxylic acids is 1. The Bertz CT molecular complexity index is 678. The molecule has 2 N–H and O–H groups in total. The molecule has 0 unspecified atom stereocenters.